The van der Waals surface area contributed by atoms with Gasteiger partial charge >= 0.3 is 0 Å². The Morgan fingerprint density at radius 3 is 2.91 bits per heavy atom. The number of nitrogens with zero attached hydrogens (tertiary/aromatic N) is 1. The van der Waals surface area contributed by atoms with Gasteiger partial charge in [-0.2, -0.15) is 0 Å². The summed E-state index contributed by atoms with van der Waals surface area (Å²) in [5, 5.41) is 5.70. The number of anilines is 1. The van der Waals surface area contributed by atoms with Crippen LogP contribution in [0.5, 0.6) is 5.75 Å². The van der Waals surface area contributed by atoms with E-state index >= 15 is 0 Å². The second-order valence-electron chi connectivity index (χ2n) is 5.47. The standard InChI is InChI=1S/C17H19N3O3/c1-23-12-4-5-15-13(10-12)14(11-16(21)19-15)17(22)18-6-9-20-7-2-3-8-20/h2-5,7-8,10,14H,6,9,11H2,1H3,(H,18,22)(H,19,21)/t14-/m1/s1. The average molecular weight is 313 g/mol. The first-order valence-electron chi connectivity index (χ1n) is 7.53. The van der Waals surface area contributed by atoms with Crippen LogP contribution in [0.4, 0.5) is 5.69 Å². The van der Waals surface area contributed by atoms with E-state index in [1.165, 1.54) is 0 Å². The topological polar surface area (TPSA) is 72.4 Å². The highest BCUT2D eigenvalue weighted by atomic mass is 16.5. The van der Waals surface area contributed by atoms with Gasteiger partial charge in [-0.15, -0.1) is 0 Å². The summed E-state index contributed by atoms with van der Waals surface area (Å²) in [5.41, 5.74) is 1.47. The monoisotopic (exact) mass is 313 g/mol. The molecule has 1 aliphatic rings. The third-order valence-electron chi connectivity index (χ3n) is 3.95. The van der Waals surface area contributed by atoms with Crippen molar-refractivity contribution in [3.8, 4) is 5.75 Å². The molecule has 120 valence electrons. The first-order valence-corrected chi connectivity index (χ1v) is 7.53. The molecule has 1 aromatic heterocycles. The maximum absolute atomic E-state index is 12.5. The molecule has 6 nitrogen and oxygen atoms in total. The van der Waals surface area contributed by atoms with Gasteiger partial charge in [0.2, 0.25) is 11.8 Å². The van der Waals surface area contributed by atoms with E-state index in [0.717, 1.165) is 5.56 Å². The lowest BCUT2D eigenvalue weighted by Gasteiger charge is -2.25. The van der Waals surface area contributed by atoms with E-state index in [1.807, 2.05) is 35.2 Å². The predicted octanol–water partition coefficient (Wildman–Crippen LogP) is 1.74. The number of hydrogen-bond acceptors (Lipinski definition) is 3. The lowest BCUT2D eigenvalue weighted by Crippen LogP contribution is -2.36. The maximum Gasteiger partial charge on any atom is 0.228 e. The Balaban J connectivity index is 1.71. The zero-order valence-electron chi connectivity index (χ0n) is 12.9. The van der Waals surface area contributed by atoms with Crippen LogP contribution in [0.25, 0.3) is 0 Å². The highest BCUT2D eigenvalue weighted by Crippen LogP contribution is 2.34. The maximum atomic E-state index is 12.5. The molecule has 3 rings (SSSR count). The largest absolute Gasteiger partial charge is 0.497 e. The van der Waals surface area contributed by atoms with Crippen molar-refractivity contribution in [2.24, 2.45) is 0 Å². The van der Waals surface area contributed by atoms with Gasteiger partial charge in [-0.25, -0.2) is 0 Å². The summed E-state index contributed by atoms with van der Waals surface area (Å²) in [6, 6.07) is 9.23. The number of ether oxygens (including phenoxy) is 1. The van der Waals surface area contributed by atoms with Crippen LogP contribution in [0.1, 0.15) is 17.9 Å². The first kappa shape index (κ1) is 15.1. The minimum absolute atomic E-state index is 0.137. The minimum atomic E-state index is -0.487. The molecule has 1 aromatic carbocycles. The van der Waals surface area contributed by atoms with E-state index in [2.05, 4.69) is 10.6 Å². The van der Waals surface area contributed by atoms with Crippen LogP contribution in [0.2, 0.25) is 0 Å². The fourth-order valence-electron chi connectivity index (χ4n) is 2.75. The molecule has 0 spiro atoms. The van der Waals surface area contributed by atoms with Crippen LogP contribution in [-0.2, 0) is 16.1 Å². The summed E-state index contributed by atoms with van der Waals surface area (Å²) in [7, 11) is 1.58. The number of rotatable bonds is 5. The van der Waals surface area contributed by atoms with Gasteiger partial charge < -0.3 is 19.9 Å². The van der Waals surface area contributed by atoms with Gasteiger partial charge in [0.05, 0.1) is 13.0 Å². The Bertz CT molecular complexity index is 710. The molecular weight excluding hydrogens is 294 g/mol. The van der Waals surface area contributed by atoms with Crippen molar-refractivity contribution in [2.75, 3.05) is 19.0 Å². The number of methoxy groups -OCH3 is 1. The van der Waals surface area contributed by atoms with Crippen LogP contribution < -0.4 is 15.4 Å². The van der Waals surface area contributed by atoms with Crippen molar-refractivity contribution in [3.63, 3.8) is 0 Å². The lowest BCUT2D eigenvalue weighted by molar-refractivity contribution is -0.126. The van der Waals surface area contributed by atoms with Crippen LogP contribution in [-0.4, -0.2) is 30.0 Å². The van der Waals surface area contributed by atoms with Crippen molar-refractivity contribution in [2.45, 2.75) is 18.9 Å². The Kier molecular flexibility index (Phi) is 4.32. The molecule has 0 radical (unpaired) electrons. The zero-order valence-corrected chi connectivity index (χ0v) is 12.9. The van der Waals surface area contributed by atoms with Crippen LogP contribution in [0.15, 0.2) is 42.7 Å². The van der Waals surface area contributed by atoms with E-state index in [0.29, 0.717) is 24.5 Å². The number of amides is 2. The molecule has 0 fully saturated rings. The fraction of sp³-hybridized carbons (Fsp3) is 0.294. The molecule has 0 saturated heterocycles. The van der Waals surface area contributed by atoms with Gasteiger partial charge in [-0.05, 0) is 35.9 Å². The van der Waals surface area contributed by atoms with Crippen molar-refractivity contribution >= 4 is 17.5 Å². The molecular formula is C17H19N3O3. The second kappa shape index (κ2) is 6.56. The normalized spacial score (nSPS) is 16.4. The Morgan fingerprint density at radius 2 is 2.17 bits per heavy atom. The van der Waals surface area contributed by atoms with Crippen LogP contribution >= 0.6 is 0 Å². The summed E-state index contributed by atoms with van der Waals surface area (Å²) in [6.45, 7) is 1.22. The summed E-state index contributed by atoms with van der Waals surface area (Å²) in [5.74, 6) is -0.0988. The molecule has 2 aromatic rings. The molecule has 0 unspecified atom stereocenters. The van der Waals surface area contributed by atoms with Crippen molar-refractivity contribution in [1.29, 1.82) is 0 Å². The van der Waals surface area contributed by atoms with Gasteiger partial charge in [0.15, 0.2) is 0 Å². The third-order valence-corrected chi connectivity index (χ3v) is 3.95. The average Bonchev–Trinajstić information content (AvgIpc) is 3.07. The smallest absolute Gasteiger partial charge is 0.228 e. The van der Waals surface area contributed by atoms with E-state index in [-0.39, 0.29) is 18.2 Å². The molecule has 2 heterocycles. The number of fused-ring (bicyclic) bond motifs is 1. The Morgan fingerprint density at radius 1 is 1.39 bits per heavy atom. The zero-order chi connectivity index (χ0) is 16.2. The van der Waals surface area contributed by atoms with Gasteiger partial charge in [-0.1, -0.05) is 0 Å². The SMILES string of the molecule is COc1ccc2c(c1)[C@H](C(=O)NCCn1cccc1)CC(=O)N2. The third kappa shape index (κ3) is 3.36. The van der Waals surface area contributed by atoms with Gasteiger partial charge in [0.25, 0.3) is 0 Å². The van der Waals surface area contributed by atoms with E-state index in [9.17, 15) is 9.59 Å². The second-order valence-corrected chi connectivity index (χ2v) is 5.47. The molecule has 23 heavy (non-hydrogen) atoms. The predicted molar refractivity (Wildman–Crippen MR) is 86.4 cm³/mol. The molecule has 0 bridgehead atoms. The minimum Gasteiger partial charge on any atom is -0.497 e. The van der Waals surface area contributed by atoms with Crippen LogP contribution in [0, 0.1) is 0 Å². The number of carbonyl (C=O) groups excluding carboxylic acids is 2. The quantitative estimate of drug-likeness (QED) is 0.883. The highest BCUT2D eigenvalue weighted by Gasteiger charge is 2.30. The summed E-state index contributed by atoms with van der Waals surface area (Å²) in [4.78, 5) is 24.3. The van der Waals surface area contributed by atoms with E-state index in [1.54, 1.807) is 19.2 Å². The van der Waals surface area contributed by atoms with E-state index in [4.69, 9.17) is 4.74 Å². The Hall–Kier alpha value is -2.76. The lowest BCUT2D eigenvalue weighted by atomic mass is 9.89. The molecule has 1 aliphatic heterocycles. The fourth-order valence-corrected chi connectivity index (χ4v) is 2.75. The number of carbonyl (C=O) groups is 2. The molecule has 2 amide bonds. The van der Waals surface area contributed by atoms with Crippen molar-refractivity contribution < 1.29 is 14.3 Å². The highest BCUT2D eigenvalue weighted by molar-refractivity contribution is 6.01. The summed E-state index contributed by atoms with van der Waals surface area (Å²) < 4.78 is 7.21. The molecule has 6 heteroatoms. The number of nitrogens with one attached hydrogen (secondary N) is 2. The molecule has 2 N–H and O–H groups in total. The molecule has 0 saturated carbocycles. The number of aromatic nitrogens is 1. The van der Waals surface area contributed by atoms with Gasteiger partial charge in [-0.3, -0.25) is 9.59 Å². The number of hydrogen-bond donors (Lipinski definition) is 2. The van der Waals surface area contributed by atoms with Gasteiger partial charge in [0, 0.05) is 37.6 Å². The van der Waals surface area contributed by atoms with Crippen LogP contribution in [0.3, 0.4) is 0 Å². The van der Waals surface area contributed by atoms with Crippen molar-refractivity contribution in [3.05, 3.63) is 48.3 Å². The van der Waals surface area contributed by atoms with Gasteiger partial charge in [0.1, 0.15) is 5.75 Å². The Labute approximate surface area is 134 Å². The van der Waals surface area contributed by atoms with Crippen molar-refractivity contribution in [1.82, 2.24) is 9.88 Å². The van der Waals surface area contributed by atoms with E-state index < -0.39 is 5.92 Å². The summed E-state index contributed by atoms with van der Waals surface area (Å²) in [6.07, 6.45) is 4.04. The molecule has 0 aliphatic carbocycles. The first-order chi connectivity index (χ1) is 11.2. The number of benzene rings is 1. The molecule has 1 atom stereocenters. The summed E-state index contributed by atoms with van der Waals surface area (Å²) >= 11 is 0.